The van der Waals surface area contributed by atoms with Crippen molar-refractivity contribution in [1.29, 1.82) is 0 Å². The summed E-state index contributed by atoms with van der Waals surface area (Å²) in [5.74, 6) is 0. The number of rotatable bonds is 2. The van der Waals surface area contributed by atoms with E-state index in [4.69, 9.17) is 9.31 Å². The molecule has 1 heterocycles. The third-order valence-corrected chi connectivity index (χ3v) is 2.13. The van der Waals surface area contributed by atoms with E-state index >= 15 is 0 Å². The third-order valence-electron chi connectivity index (χ3n) is 2.13. The zero-order valence-electron chi connectivity index (χ0n) is 9.46. The lowest BCUT2D eigenvalue weighted by molar-refractivity contribution is 0.0840. The Kier molecular flexibility index (Phi) is 5.34. The van der Waals surface area contributed by atoms with Gasteiger partial charge in [0.15, 0.2) is 0 Å². The van der Waals surface area contributed by atoms with Crippen molar-refractivity contribution in [3.05, 3.63) is 12.7 Å². The van der Waals surface area contributed by atoms with Crippen molar-refractivity contribution in [3.8, 4) is 0 Å². The second-order valence-electron chi connectivity index (χ2n) is 3.45. The van der Waals surface area contributed by atoms with Crippen LogP contribution in [0.3, 0.4) is 0 Å². The first kappa shape index (κ1) is 12.7. The van der Waals surface area contributed by atoms with Crippen LogP contribution in [-0.2, 0) is 9.31 Å². The lowest BCUT2D eigenvalue weighted by Gasteiger charge is -2.21. The van der Waals surface area contributed by atoms with Gasteiger partial charge >= 0.3 is 7.12 Å². The molecule has 0 N–H and O–H groups in total. The monoisotopic (exact) mass is 184 g/mol. The maximum Gasteiger partial charge on any atom is 0.461 e. The second-order valence-corrected chi connectivity index (χ2v) is 3.45. The Balaban J connectivity index is 0.000000671. The fourth-order valence-corrected chi connectivity index (χ4v) is 1.09. The number of allylic oxidation sites excluding steroid dienone is 1. The van der Waals surface area contributed by atoms with Gasteiger partial charge in [0.05, 0.1) is 11.7 Å². The average Bonchev–Trinajstić information content (AvgIpc) is 2.30. The summed E-state index contributed by atoms with van der Waals surface area (Å²) in [6.07, 6.45) is 2.76. The molecule has 1 aliphatic heterocycles. The molecule has 2 nitrogen and oxygen atoms in total. The molecule has 1 saturated heterocycles. The van der Waals surface area contributed by atoms with E-state index in [9.17, 15) is 0 Å². The molecule has 0 aromatic rings. The van der Waals surface area contributed by atoms with Crippen LogP contribution in [0.5, 0.6) is 0 Å². The van der Waals surface area contributed by atoms with Gasteiger partial charge in [-0.3, -0.25) is 0 Å². The van der Waals surface area contributed by atoms with E-state index in [1.54, 1.807) is 0 Å². The van der Waals surface area contributed by atoms with Crippen molar-refractivity contribution in [3.63, 3.8) is 0 Å². The SMILES string of the molecule is C=CCB1OC(C)C(C)(C)O1.CC. The molecular formula is C10H21BO2. The third kappa shape index (κ3) is 3.53. The van der Waals surface area contributed by atoms with Crippen molar-refractivity contribution < 1.29 is 9.31 Å². The van der Waals surface area contributed by atoms with Gasteiger partial charge in [0, 0.05) is 6.32 Å². The first-order chi connectivity index (χ1) is 6.06. The molecule has 1 aliphatic rings. The van der Waals surface area contributed by atoms with Gasteiger partial charge in [0.1, 0.15) is 0 Å². The highest BCUT2D eigenvalue weighted by Gasteiger charge is 2.41. The molecule has 0 spiro atoms. The molecule has 1 atom stereocenters. The summed E-state index contributed by atoms with van der Waals surface area (Å²) in [4.78, 5) is 0. The second kappa shape index (κ2) is 5.45. The molecule has 0 aromatic carbocycles. The highest BCUT2D eigenvalue weighted by molar-refractivity contribution is 6.45. The zero-order valence-corrected chi connectivity index (χ0v) is 9.46. The minimum absolute atomic E-state index is 0.0856. The van der Waals surface area contributed by atoms with Crippen molar-refractivity contribution in [2.24, 2.45) is 0 Å². The van der Waals surface area contributed by atoms with Gasteiger partial charge in [-0.1, -0.05) is 19.9 Å². The Morgan fingerprint density at radius 3 is 2.31 bits per heavy atom. The molecule has 1 unspecified atom stereocenters. The zero-order chi connectivity index (χ0) is 10.5. The average molecular weight is 184 g/mol. The normalized spacial score (nSPS) is 25.0. The Bertz CT molecular complexity index is 157. The van der Waals surface area contributed by atoms with Gasteiger partial charge in [0.2, 0.25) is 0 Å². The van der Waals surface area contributed by atoms with Gasteiger partial charge in [0.25, 0.3) is 0 Å². The van der Waals surface area contributed by atoms with Crippen LogP contribution < -0.4 is 0 Å². The highest BCUT2D eigenvalue weighted by atomic mass is 16.7. The molecule has 76 valence electrons. The van der Waals surface area contributed by atoms with E-state index < -0.39 is 0 Å². The van der Waals surface area contributed by atoms with Crippen LogP contribution in [-0.4, -0.2) is 18.8 Å². The predicted molar refractivity (Wildman–Crippen MR) is 57.8 cm³/mol. The summed E-state index contributed by atoms with van der Waals surface area (Å²) >= 11 is 0. The van der Waals surface area contributed by atoms with Crippen LogP contribution in [0.1, 0.15) is 34.6 Å². The highest BCUT2D eigenvalue weighted by Crippen LogP contribution is 2.28. The standard InChI is InChI=1S/C8H15BO2.C2H6/c1-5-6-9-10-7(2)8(3,4)11-9;1-2/h5,7H,1,6H2,2-4H3;1-2H3. The van der Waals surface area contributed by atoms with E-state index in [1.807, 2.05) is 40.7 Å². The quantitative estimate of drug-likeness (QED) is 0.485. The summed E-state index contributed by atoms with van der Waals surface area (Å²) in [5, 5.41) is 0. The molecule has 1 fully saturated rings. The Morgan fingerprint density at radius 2 is 2.00 bits per heavy atom. The summed E-state index contributed by atoms with van der Waals surface area (Å²) in [7, 11) is -0.0856. The van der Waals surface area contributed by atoms with Crippen molar-refractivity contribution in [2.75, 3.05) is 0 Å². The molecule has 0 aliphatic carbocycles. The van der Waals surface area contributed by atoms with Crippen LogP contribution >= 0.6 is 0 Å². The number of hydrogen-bond acceptors (Lipinski definition) is 2. The largest absolute Gasteiger partial charge is 0.461 e. The molecule has 0 radical (unpaired) electrons. The summed E-state index contributed by atoms with van der Waals surface area (Å²) in [6, 6.07) is 0. The van der Waals surface area contributed by atoms with Gasteiger partial charge in [-0.25, -0.2) is 0 Å². The lowest BCUT2D eigenvalue weighted by atomic mass is 9.85. The Morgan fingerprint density at radius 1 is 1.46 bits per heavy atom. The molecule has 0 aromatic heterocycles. The van der Waals surface area contributed by atoms with Gasteiger partial charge in [-0.05, 0) is 20.8 Å². The Labute approximate surface area is 82.5 Å². The predicted octanol–water partition coefficient (Wildman–Crippen LogP) is 2.90. The molecule has 3 heteroatoms. The van der Waals surface area contributed by atoms with Crippen LogP contribution in [0, 0.1) is 0 Å². The molecule has 0 saturated carbocycles. The minimum atomic E-state index is -0.145. The van der Waals surface area contributed by atoms with E-state index in [2.05, 4.69) is 6.58 Å². The topological polar surface area (TPSA) is 18.5 Å². The first-order valence-corrected chi connectivity index (χ1v) is 5.00. The smallest absolute Gasteiger partial charge is 0.406 e. The fourth-order valence-electron chi connectivity index (χ4n) is 1.09. The molecule has 1 rings (SSSR count). The van der Waals surface area contributed by atoms with Crippen LogP contribution in [0.25, 0.3) is 0 Å². The molecule has 0 amide bonds. The Hall–Kier alpha value is -0.275. The van der Waals surface area contributed by atoms with Crippen LogP contribution in [0.4, 0.5) is 0 Å². The lowest BCUT2D eigenvalue weighted by Crippen LogP contribution is -2.30. The van der Waals surface area contributed by atoms with E-state index in [0.29, 0.717) is 0 Å². The van der Waals surface area contributed by atoms with Crippen LogP contribution in [0.15, 0.2) is 12.7 Å². The maximum absolute atomic E-state index is 5.61. The maximum atomic E-state index is 5.61. The van der Waals surface area contributed by atoms with Crippen molar-refractivity contribution >= 4 is 7.12 Å². The van der Waals surface area contributed by atoms with Crippen molar-refractivity contribution in [1.82, 2.24) is 0 Å². The number of hydrogen-bond donors (Lipinski definition) is 0. The van der Waals surface area contributed by atoms with E-state index in [-0.39, 0.29) is 18.8 Å². The summed E-state index contributed by atoms with van der Waals surface area (Å²) in [5.41, 5.74) is -0.145. The van der Waals surface area contributed by atoms with Gasteiger partial charge in [-0.15, -0.1) is 6.58 Å². The first-order valence-electron chi connectivity index (χ1n) is 5.00. The summed E-state index contributed by atoms with van der Waals surface area (Å²) < 4.78 is 11.1. The molecule has 13 heavy (non-hydrogen) atoms. The van der Waals surface area contributed by atoms with E-state index in [1.165, 1.54) is 0 Å². The summed E-state index contributed by atoms with van der Waals surface area (Å²) in [6.45, 7) is 13.8. The van der Waals surface area contributed by atoms with E-state index in [0.717, 1.165) is 6.32 Å². The molecular weight excluding hydrogens is 163 g/mol. The van der Waals surface area contributed by atoms with Crippen molar-refractivity contribution in [2.45, 2.75) is 52.6 Å². The van der Waals surface area contributed by atoms with Gasteiger partial charge < -0.3 is 9.31 Å². The van der Waals surface area contributed by atoms with Gasteiger partial charge in [-0.2, -0.15) is 0 Å². The van der Waals surface area contributed by atoms with Crippen LogP contribution in [0.2, 0.25) is 6.32 Å². The molecule has 0 bridgehead atoms. The minimum Gasteiger partial charge on any atom is -0.406 e. The fraction of sp³-hybridized carbons (Fsp3) is 0.800.